The largest absolute Gasteiger partial charge is 0.394 e. The van der Waals surface area contributed by atoms with Crippen LogP contribution in [0.2, 0.25) is 0 Å². The molecule has 1 aromatic carbocycles. The maximum absolute atomic E-state index is 13.5. The number of aromatic nitrogens is 1. The number of ether oxygens (including phenoxy) is 1. The molecule has 0 bridgehead atoms. The molecule has 2 heterocycles. The average Bonchev–Trinajstić information content (AvgIpc) is 2.77. The van der Waals surface area contributed by atoms with Gasteiger partial charge in [-0.05, 0) is 24.3 Å². The van der Waals surface area contributed by atoms with E-state index in [9.17, 15) is 28.5 Å². The Kier molecular flexibility index (Phi) is 7.62. The van der Waals surface area contributed by atoms with E-state index in [4.69, 9.17) is 10.6 Å². The molecule has 2 unspecified atom stereocenters. The number of thioether (sulfide) groups is 1. The molecular weight excluding hydrogens is 437 g/mol. The topological polar surface area (TPSA) is 134 Å². The molecule has 1 aliphatic rings. The van der Waals surface area contributed by atoms with E-state index in [2.05, 4.69) is 15.1 Å². The van der Waals surface area contributed by atoms with Crippen molar-refractivity contribution in [1.82, 2.24) is 4.98 Å². The van der Waals surface area contributed by atoms with Crippen LogP contribution in [-0.2, 0) is 4.74 Å². The number of benzene rings is 1. The van der Waals surface area contributed by atoms with Crippen LogP contribution in [0.4, 0.5) is 13.2 Å². The number of hydrazone groups is 1. The first-order valence-corrected chi connectivity index (χ1v) is 9.89. The molecular formula is C19H19F3N4O4S. The van der Waals surface area contributed by atoms with Crippen molar-refractivity contribution in [2.24, 2.45) is 15.9 Å². The lowest BCUT2D eigenvalue weighted by Gasteiger charge is -2.40. The molecule has 5 N–H and O–H groups in total. The van der Waals surface area contributed by atoms with Crippen LogP contribution < -0.4 is 5.84 Å². The van der Waals surface area contributed by atoms with Crippen molar-refractivity contribution in [3.8, 4) is 0 Å². The van der Waals surface area contributed by atoms with Gasteiger partial charge in [0.25, 0.3) is 0 Å². The first-order chi connectivity index (χ1) is 14.8. The second-order valence-electron chi connectivity index (χ2n) is 6.53. The van der Waals surface area contributed by atoms with E-state index in [-0.39, 0.29) is 11.3 Å². The lowest BCUT2D eigenvalue weighted by molar-refractivity contribution is -0.159. The van der Waals surface area contributed by atoms with Crippen LogP contribution in [0.1, 0.15) is 5.56 Å². The minimum Gasteiger partial charge on any atom is -0.394 e. The zero-order chi connectivity index (χ0) is 22.5. The lowest BCUT2D eigenvalue weighted by Crippen LogP contribution is -2.56. The van der Waals surface area contributed by atoms with Gasteiger partial charge < -0.3 is 25.9 Å². The van der Waals surface area contributed by atoms with E-state index in [1.54, 1.807) is 24.4 Å². The van der Waals surface area contributed by atoms with Crippen molar-refractivity contribution in [2.45, 2.75) is 34.8 Å². The maximum atomic E-state index is 13.5. The number of rotatable bonds is 6. The van der Waals surface area contributed by atoms with Crippen LogP contribution in [0, 0.1) is 17.5 Å². The summed E-state index contributed by atoms with van der Waals surface area (Å²) in [6.45, 7) is -0.550. The second kappa shape index (κ2) is 10.2. The number of nitrogens with zero attached hydrogens (tertiary/aromatic N) is 3. The van der Waals surface area contributed by atoms with E-state index in [1.807, 2.05) is 0 Å². The Labute approximate surface area is 179 Å². The summed E-state index contributed by atoms with van der Waals surface area (Å²) in [5.74, 6) is 0.737. The molecule has 12 heteroatoms. The molecule has 5 atom stereocenters. The molecule has 31 heavy (non-hydrogen) atoms. The third-order valence-corrected chi connectivity index (χ3v) is 5.62. The highest BCUT2D eigenvalue weighted by Crippen LogP contribution is 2.33. The number of aliphatic hydroxyl groups excluding tert-OH is 3. The van der Waals surface area contributed by atoms with E-state index in [0.717, 1.165) is 18.0 Å². The summed E-state index contributed by atoms with van der Waals surface area (Å²) in [5, 5.41) is 34.6. The number of pyridine rings is 1. The quantitative estimate of drug-likeness (QED) is 0.219. The van der Waals surface area contributed by atoms with Crippen molar-refractivity contribution in [1.29, 1.82) is 0 Å². The zero-order valence-corrected chi connectivity index (χ0v) is 16.7. The number of aliphatic imine (C=N–C) groups is 1. The highest BCUT2D eigenvalue weighted by atomic mass is 32.2. The lowest BCUT2D eigenvalue weighted by atomic mass is 9.98. The normalized spacial score (nSPS) is 27.0. The number of hydrogen-bond donors (Lipinski definition) is 4. The summed E-state index contributed by atoms with van der Waals surface area (Å²) in [5.41, 5.74) is -1.36. The van der Waals surface area contributed by atoms with Crippen molar-refractivity contribution < 1.29 is 33.2 Å². The fraction of sp³-hybridized carbons (Fsp3) is 0.316. The molecule has 0 saturated carbocycles. The molecule has 2 aromatic rings. The van der Waals surface area contributed by atoms with Gasteiger partial charge in [-0.15, -0.1) is 0 Å². The smallest absolute Gasteiger partial charge is 0.194 e. The fourth-order valence-corrected chi connectivity index (χ4v) is 3.93. The minimum absolute atomic E-state index is 0.197. The van der Waals surface area contributed by atoms with Gasteiger partial charge >= 0.3 is 0 Å². The van der Waals surface area contributed by atoms with Gasteiger partial charge in [-0.25, -0.2) is 18.2 Å². The highest BCUT2D eigenvalue weighted by Gasteiger charge is 2.44. The van der Waals surface area contributed by atoms with Crippen LogP contribution in [0.5, 0.6) is 0 Å². The van der Waals surface area contributed by atoms with E-state index >= 15 is 0 Å². The molecule has 0 radical (unpaired) electrons. The molecule has 1 saturated heterocycles. The molecule has 0 spiro atoms. The predicted molar refractivity (Wildman–Crippen MR) is 107 cm³/mol. The van der Waals surface area contributed by atoms with E-state index in [0.29, 0.717) is 17.2 Å². The van der Waals surface area contributed by atoms with Gasteiger partial charge in [-0.3, -0.25) is 4.99 Å². The van der Waals surface area contributed by atoms with Gasteiger partial charge in [0.2, 0.25) is 0 Å². The Morgan fingerprint density at radius 2 is 1.90 bits per heavy atom. The first kappa shape index (κ1) is 23.2. The van der Waals surface area contributed by atoms with Crippen LogP contribution in [-0.4, -0.2) is 68.6 Å². The third-order valence-electron chi connectivity index (χ3n) is 4.51. The van der Waals surface area contributed by atoms with E-state index < -0.39 is 53.8 Å². The summed E-state index contributed by atoms with van der Waals surface area (Å²) in [7, 11) is 0. The maximum Gasteiger partial charge on any atom is 0.194 e. The zero-order valence-electron chi connectivity index (χ0n) is 15.8. The van der Waals surface area contributed by atoms with Crippen molar-refractivity contribution in [2.75, 3.05) is 6.61 Å². The van der Waals surface area contributed by atoms with Gasteiger partial charge in [0.05, 0.1) is 11.6 Å². The molecule has 0 amide bonds. The van der Waals surface area contributed by atoms with Crippen molar-refractivity contribution >= 4 is 23.7 Å². The highest BCUT2D eigenvalue weighted by molar-refractivity contribution is 7.99. The Hall–Kier alpha value is -2.51. The number of halogens is 3. The Morgan fingerprint density at radius 3 is 2.48 bits per heavy atom. The molecule has 166 valence electrons. The Bertz CT molecular complexity index is 943. The van der Waals surface area contributed by atoms with Gasteiger partial charge in [0.15, 0.2) is 17.5 Å². The molecule has 8 nitrogen and oxygen atoms in total. The SMILES string of the molecule is NN=C(C=NC1C(O)[C@@H](Sc2ccccn2)O[C@@H](CO)[C@@H]1O)c1cc(F)c(F)c(F)c1. The first-order valence-electron chi connectivity index (χ1n) is 9.01. The van der Waals surface area contributed by atoms with Crippen LogP contribution in [0.25, 0.3) is 0 Å². The second-order valence-corrected chi connectivity index (χ2v) is 7.65. The summed E-state index contributed by atoms with van der Waals surface area (Å²) in [4.78, 5) is 8.19. The standard InChI is InChI=1S/C19H19F3N4O4S/c20-10-5-9(6-11(21)15(10)22)12(26-23)7-25-16-17(28)13(8-27)30-19(18(16)29)31-14-3-1-2-4-24-14/h1-7,13,16-19,27-29H,8,23H2/t13-,16?,17-,18?,19+/m0/s1. The summed E-state index contributed by atoms with van der Waals surface area (Å²) >= 11 is 1.06. The monoisotopic (exact) mass is 456 g/mol. The third kappa shape index (κ3) is 5.22. The molecule has 1 aromatic heterocycles. The summed E-state index contributed by atoms with van der Waals surface area (Å²) in [6, 6.07) is 5.31. The van der Waals surface area contributed by atoms with Crippen LogP contribution in [0.3, 0.4) is 0 Å². The summed E-state index contributed by atoms with van der Waals surface area (Å²) in [6.07, 6.45) is -1.27. The van der Waals surface area contributed by atoms with Crippen LogP contribution >= 0.6 is 11.8 Å². The summed E-state index contributed by atoms with van der Waals surface area (Å²) < 4.78 is 45.8. The van der Waals surface area contributed by atoms with Gasteiger partial charge in [-0.2, -0.15) is 5.10 Å². The number of hydrogen-bond acceptors (Lipinski definition) is 9. The molecule has 3 rings (SSSR count). The van der Waals surface area contributed by atoms with Crippen molar-refractivity contribution in [3.63, 3.8) is 0 Å². The number of nitrogens with two attached hydrogens (primary N) is 1. The van der Waals surface area contributed by atoms with Gasteiger partial charge in [0, 0.05) is 18.0 Å². The van der Waals surface area contributed by atoms with Gasteiger partial charge in [-0.1, -0.05) is 17.8 Å². The predicted octanol–water partition coefficient (Wildman–Crippen LogP) is 0.832. The van der Waals surface area contributed by atoms with Gasteiger partial charge in [0.1, 0.15) is 35.5 Å². The molecule has 1 aliphatic heterocycles. The molecule has 0 aliphatic carbocycles. The Balaban J connectivity index is 1.85. The fourth-order valence-electron chi connectivity index (χ4n) is 2.92. The van der Waals surface area contributed by atoms with Crippen molar-refractivity contribution in [3.05, 3.63) is 59.5 Å². The average molecular weight is 456 g/mol. The Morgan fingerprint density at radius 1 is 1.19 bits per heavy atom. The molecule has 1 fully saturated rings. The number of aliphatic hydroxyl groups is 3. The van der Waals surface area contributed by atoms with E-state index in [1.165, 1.54) is 0 Å². The minimum atomic E-state index is -1.65. The van der Waals surface area contributed by atoms with Crippen LogP contribution in [0.15, 0.2) is 51.6 Å².